The third kappa shape index (κ3) is 18.0. The second-order valence-electron chi connectivity index (χ2n) is 25.6. The molecule has 0 aromatic heterocycles. The van der Waals surface area contributed by atoms with Crippen molar-refractivity contribution in [1.82, 2.24) is 5.32 Å². The number of hydrogen-bond acceptors (Lipinski definition) is 14. The Hall–Kier alpha value is -2.59. The van der Waals surface area contributed by atoms with Gasteiger partial charge in [-0.1, -0.05) is 93.0 Å². The largest absolute Gasteiger partial charge is 0.467 e. The summed E-state index contributed by atoms with van der Waals surface area (Å²) in [7, 11) is 1.60. The number of esters is 2. The molecule has 2 saturated heterocycles. The van der Waals surface area contributed by atoms with Gasteiger partial charge in [-0.15, -0.1) is 6.58 Å². The number of aliphatic hydroxyl groups excluding tert-OH is 1. The predicted molar refractivity (Wildman–Crippen MR) is 304 cm³/mol. The smallest absolute Gasteiger partial charge is 0.340 e. The SMILES string of the molecule is C=CCOC1(C(O)C(=O)OC)O[C@H]([C@H](C[C@@H](C)C/C(C)=C/[C@@H](CC)C(=O)C[C@H](O[Si](C)(C)C(C)(C)C)[C@H](C)[C@H](OC(=O)[C@@H]2CCCC(=O)N2)/C(C)=C/[C@@H]2CC[C@@H](O[Si](C)(C)C(C)(C)C)[C@H](OC)C2)OC)[C@@H](OC)C[C@H]1C. The van der Waals surface area contributed by atoms with Crippen molar-refractivity contribution in [1.29, 1.82) is 0 Å². The molecule has 2 heterocycles. The van der Waals surface area contributed by atoms with Crippen LogP contribution in [0.25, 0.3) is 0 Å². The minimum absolute atomic E-state index is 0.00884. The summed E-state index contributed by atoms with van der Waals surface area (Å²) in [6.07, 6.45) is 7.28. The fourth-order valence-corrected chi connectivity index (χ4v) is 13.6. The van der Waals surface area contributed by atoms with Crippen LogP contribution in [0.2, 0.25) is 36.3 Å². The van der Waals surface area contributed by atoms with Crippen LogP contribution in [0.4, 0.5) is 0 Å². The molecule has 3 aliphatic rings. The van der Waals surface area contributed by atoms with E-state index < -0.39 is 94.8 Å². The number of aliphatic hydroxyl groups is 1. The first-order chi connectivity index (χ1) is 35.3. The number of carbonyl (C=O) groups is 4. The van der Waals surface area contributed by atoms with E-state index in [-0.39, 0.29) is 58.8 Å². The predicted octanol–water partition coefficient (Wildman–Crippen LogP) is 11.0. The number of hydrogen-bond donors (Lipinski definition) is 2. The molecule has 76 heavy (non-hydrogen) atoms. The summed E-state index contributed by atoms with van der Waals surface area (Å²) in [5, 5.41) is 14.0. The molecule has 15 atom stereocenters. The van der Waals surface area contributed by atoms with Gasteiger partial charge in [-0.3, -0.25) is 9.59 Å². The third-order valence-electron chi connectivity index (χ3n) is 17.6. The van der Waals surface area contributed by atoms with Crippen molar-refractivity contribution in [2.24, 2.45) is 29.6 Å². The lowest BCUT2D eigenvalue weighted by Crippen LogP contribution is -2.65. The molecule has 3 rings (SSSR count). The number of Topliss-reactive ketones (excluding diaryl/α,β-unsaturated/α-hetero) is 1. The van der Waals surface area contributed by atoms with Crippen LogP contribution in [0.3, 0.4) is 0 Å². The summed E-state index contributed by atoms with van der Waals surface area (Å²) >= 11 is 0. The topological polar surface area (TPSA) is 184 Å². The Balaban J connectivity index is 1.97. The van der Waals surface area contributed by atoms with Crippen LogP contribution >= 0.6 is 0 Å². The number of piperidine rings is 1. The Labute approximate surface area is 461 Å². The maximum Gasteiger partial charge on any atom is 0.340 e. The number of carbonyl (C=O) groups excluding carboxylic acids is 4. The van der Waals surface area contributed by atoms with E-state index in [0.29, 0.717) is 44.9 Å². The molecule has 0 aromatic carbocycles. The molecule has 3 fully saturated rings. The molecule has 17 heteroatoms. The van der Waals surface area contributed by atoms with Gasteiger partial charge in [0.15, 0.2) is 16.6 Å². The lowest BCUT2D eigenvalue weighted by molar-refractivity contribution is -0.361. The van der Waals surface area contributed by atoms with Crippen molar-refractivity contribution in [3.05, 3.63) is 36.0 Å². The van der Waals surface area contributed by atoms with E-state index in [9.17, 15) is 24.3 Å². The van der Waals surface area contributed by atoms with Gasteiger partial charge in [0.05, 0.1) is 44.2 Å². The number of amides is 1. The van der Waals surface area contributed by atoms with Gasteiger partial charge in [-0.2, -0.15) is 0 Å². The summed E-state index contributed by atoms with van der Waals surface area (Å²) in [6.45, 7) is 38.1. The van der Waals surface area contributed by atoms with Crippen LogP contribution in [0.15, 0.2) is 36.0 Å². The Bertz CT molecular complexity index is 1960. The van der Waals surface area contributed by atoms with E-state index in [4.69, 9.17) is 42.0 Å². The van der Waals surface area contributed by atoms with Gasteiger partial charge in [0.25, 0.3) is 0 Å². The van der Waals surface area contributed by atoms with Crippen LogP contribution in [0, 0.1) is 29.6 Å². The van der Waals surface area contributed by atoms with Crippen LogP contribution in [0.5, 0.6) is 0 Å². The monoisotopic (exact) mass is 1110 g/mol. The number of nitrogens with one attached hydrogen (secondary N) is 1. The van der Waals surface area contributed by atoms with Crippen molar-refractivity contribution < 1.29 is 66.3 Å². The zero-order valence-electron chi connectivity index (χ0n) is 50.8. The molecule has 0 spiro atoms. The molecule has 0 bridgehead atoms. The highest BCUT2D eigenvalue weighted by atomic mass is 28.4. The standard InChI is InChI=1S/C59H105NO14Si2/c1-22-29-70-59(54(63)56(65)69-17)40(6)34-50(68-16)53(72-59)49(67-15)32-38(4)30-37(3)31-43(23-2)45(61)36-47(74-76(20,21)58(11,12)13)41(7)52(71-55(64)44-25-24-26-51(62)60-44)39(5)33-42-27-28-46(48(35-42)66-14)73-75(18,19)57(8,9)10/h22,31,33,38,40-44,46-50,52-54,63H,1,23-30,32,34-36H2,2-21H3,(H,60,62)/b37-31+,39-33+/t38-,40+,41-,42-,43+,44-,46+,47-,48+,49-,50-,52+,53+,54?,59?/m0/s1. The number of ether oxygens (including phenoxy) is 7. The van der Waals surface area contributed by atoms with E-state index in [1.807, 2.05) is 34.6 Å². The fourth-order valence-electron chi connectivity index (χ4n) is 10.8. The van der Waals surface area contributed by atoms with Crippen LogP contribution in [0.1, 0.15) is 154 Å². The van der Waals surface area contributed by atoms with Crippen LogP contribution in [-0.4, -0.2) is 141 Å². The zero-order chi connectivity index (χ0) is 57.7. The Kier molecular flexibility index (Phi) is 26.0. The lowest BCUT2D eigenvalue weighted by Gasteiger charge is -2.50. The average molecular weight is 1110 g/mol. The molecule has 0 radical (unpaired) electrons. The highest BCUT2D eigenvalue weighted by molar-refractivity contribution is 6.74. The second kappa shape index (κ2) is 29.2. The van der Waals surface area contributed by atoms with E-state index in [0.717, 1.165) is 30.4 Å². The highest BCUT2D eigenvalue weighted by Gasteiger charge is 2.57. The van der Waals surface area contributed by atoms with Crippen LogP contribution < -0.4 is 5.32 Å². The minimum atomic E-state index is -2.52. The average Bonchev–Trinajstić information content (AvgIpc) is 3.34. The van der Waals surface area contributed by atoms with E-state index in [2.05, 4.69) is 98.7 Å². The molecule has 1 amide bonds. The van der Waals surface area contributed by atoms with E-state index in [1.165, 1.54) is 13.2 Å². The molecule has 1 aliphatic carbocycles. The summed E-state index contributed by atoms with van der Waals surface area (Å²) in [6, 6.07) is -0.755. The zero-order valence-corrected chi connectivity index (χ0v) is 52.8. The fraction of sp³-hybridized carbons (Fsp3) is 0.831. The summed E-state index contributed by atoms with van der Waals surface area (Å²) in [5.74, 6) is -4.31. The molecule has 2 unspecified atom stereocenters. The first kappa shape index (κ1) is 67.7. The maximum atomic E-state index is 14.9. The number of allylic oxidation sites excluding steroid dienone is 3. The molecule has 15 nitrogen and oxygen atoms in total. The number of ketones is 1. The van der Waals surface area contributed by atoms with Gasteiger partial charge in [-0.05, 0) is 125 Å². The van der Waals surface area contributed by atoms with Gasteiger partial charge < -0.3 is 52.4 Å². The second-order valence-corrected chi connectivity index (χ2v) is 35.1. The van der Waals surface area contributed by atoms with E-state index in [1.54, 1.807) is 21.3 Å². The number of rotatable bonds is 28. The van der Waals surface area contributed by atoms with E-state index >= 15 is 0 Å². The number of methoxy groups -OCH3 is 4. The molecule has 0 aromatic rings. The molecule has 2 aliphatic heterocycles. The molecule has 1 saturated carbocycles. The summed E-state index contributed by atoms with van der Waals surface area (Å²) in [4.78, 5) is 54.4. The quantitative estimate of drug-likeness (QED) is 0.0428. The van der Waals surface area contributed by atoms with Gasteiger partial charge in [0, 0.05) is 51.9 Å². The molecule has 2 N–H and O–H groups in total. The maximum absolute atomic E-state index is 14.9. The van der Waals surface area contributed by atoms with Gasteiger partial charge in [0.2, 0.25) is 17.8 Å². The first-order valence-corrected chi connectivity index (χ1v) is 34.1. The molecular weight excluding hydrogens is 1000 g/mol. The van der Waals surface area contributed by atoms with Crippen molar-refractivity contribution >= 4 is 40.3 Å². The van der Waals surface area contributed by atoms with Crippen molar-refractivity contribution in [2.75, 3.05) is 35.0 Å². The molecule has 438 valence electrons. The summed E-state index contributed by atoms with van der Waals surface area (Å²) < 4.78 is 56.6. The Morgan fingerprint density at radius 2 is 1.54 bits per heavy atom. The normalized spacial score (nSPS) is 28.3. The van der Waals surface area contributed by atoms with Gasteiger partial charge in [-0.25, -0.2) is 9.59 Å². The van der Waals surface area contributed by atoms with Crippen LogP contribution in [-0.2, 0) is 61.2 Å². The first-order valence-electron chi connectivity index (χ1n) is 28.3. The van der Waals surface area contributed by atoms with Crippen molar-refractivity contribution in [3.63, 3.8) is 0 Å². The highest BCUT2D eigenvalue weighted by Crippen LogP contribution is 2.44. The Morgan fingerprint density at radius 1 is 0.908 bits per heavy atom. The third-order valence-corrected chi connectivity index (χ3v) is 26.6. The van der Waals surface area contributed by atoms with Gasteiger partial charge >= 0.3 is 11.9 Å². The molecular formula is C59H105NO14Si2. The lowest BCUT2D eigenvalue weighted by atomic mass is 9.81. The van der Waals surface area contributed by atoms with Crippen molar-refractivity contribution in [3.8, 4) is 0 Å². The Morgan fingerprint density at radius 3 is 2.08 bits per heavy atom. The van der Waals surface area contributed by atoms with Crippen molar-refractivity contribution in [2.45, 2.75) is 251 Å². The summed E-state index contributed by atoms with van der Waals surface area (Å²) in [5.41, 5.74) is 1.93. The van der Waals surface area contributed by atoms with Gasteiger partial charge in [0.1, 0.15) is 24.0 Å². The minimum Gasteiger partial charge on any atom is -0.467 e.